The zero-order valence-electron chi connectivity index (χ0n) is 15.3. The number of ether oxygens (including phenoxy) is 1. The summed E-state index contributed by atoms with van der Waals surface area (Å²) in [5.74, 6) is -0.527. The largest absolute Gasteiger partial charge is 0.378 e. The van der Waals surface area contributed by atoms with E-state index < -0.39 is 0 Å². The van der Waals surface area contributed by atoms with Gasteiger partial charge in [0.25, 0.3) is 11.8 Å². The molecule has 2 aliphatic rings. The second-order valence-corrected chi connectivity index (χ2v) is 7.61. The normalized spacial score (nSPS) is 17.9. The molecule has 1 saturated heterocycles. The van der Waals surface area contributed by atoms with E-state index in [2.05, 4.69) is 0 Å². The molecule has 7 heteroatoms. The van der Waals surface area contributed by atoms with Crippen LogP contribution in [0.4, 0.5) is 11.4 Å². The molecule has 4 rings (SSSR count). The summed E-state index contributed by atoms with van der Waals surface area (Å²) in [6.45, 7) is 2.32. The molecule has 3 heterocycles. The summed E-state index contributed by atoms with van der Waals surface area (Å²) in [5.41, 5.74) is 2.51. The highest BCUT2D eigenvalue weighted by Crippen LogP contribution is 2.37. The molecule has 0 spiro atoms. The van der Waals surface area contributed by atoms with Crippen molar-refractivity contribution >= 4 is 40.1 Å². The number of nitrogens with zero attached hydrogens (tertiary/aromatic N) is 3. The zero-order valence-corrected chi connectivity index (χ0v) is 16.2. The highest BCUT2D eigenvalue weighted by atomic mass is 32.1. The van der Waals surface area contributed by atoms with Crippen molar-refractivity contribution in [1.29, 1.82) is 0 Å². The average molecular weight is 383 g/mol. The van der Waals surface area contributed by atoms with E-state index in [1.54, 1.807) is 6.07 Å². The molecule has 0 bridgehead atoms. The van der Waals surface area contributed by atoms with Crippen LogP contribution in [0.2, 0.25) is 0 Å². The van der Waals surface area contributed by atoms with Crippen molar-refractivity contribution in [2.45, 2.75) is 0 Å². The molecule has 0 unspecified atom stereocenters. The van der Waals surface area contributed by atoms with Gasteiger partial charge in [0.1, 0.15) is 5.70 Å². The Morgan fingerprint density at radius 1 is 1.04 bits per heavy atom. The highest BCUT2D eigenvalue weighted by molar-refractivity contribution is 7.11. The number of rotatable bonds is 4. The molecule has 140 valence electrons. The van der Waals surface area contributed by atoms with Crippen molar-refractivity contribution in [2.75, 3.05) is 50.2 Å². The highest BCUT2D eigenvalue weighted by Gasteiger charge is 2.43. The van der Waals surface area contributed by atoms with Crippen molar-refractivity contribution in [1.82, 2.24) is 4.90 Å². The molecule has 0 aliphatic carbocycles. The number of hydrogen-bond donors (Lipinski definition) is 0. The van der Waals surface area contributed by atoms with Crippen LogP contribution in [0.1, 0.15) is 4.88 Å². The lowest BCUT2D eigenvalue weighted by Crippen LogP contribution is -2.40. The topological polar surface area (TPSA) is 53.1 Å². The second kappa shape index (κ2) is 7.17. The fourth-order valence-electron chi connectivity index (χ4n) is 3.39. The van der Waals surface area contributed by atoms with Gasteiger partial charge in [0, 0.05) is 37.7 Å². The average Bonchev–Trinajstić information content (AvgIpc) is 3.28. The first-order valence-electron chi connectivity index (χ1n) is 8.85. The number of thiophene rings is 1. The van der Waals surface area contributed by atoms with Crippen LogP contribution < -0.4 is 9.80 Å². The summed E-state index contributed by atoms with van der Waals surface area (Å²) < 4.78 is 5.42. The number of anilines is 2. The summed E-state index contributed by atoms with van der Waals surface area (Å²) in [6.07, 6.45) is 0. The third-order valence-corrected chi connectivity index (χ3v) is 5.65. The first-order valence-corrected chi connectivity index (χ1v) is 9.73. The Balaban J connectivity index is 1.79. The molecule has 0 saturated carbocycles. The summed E-state index contributed by atoms with van der Waals surface area (Å²) in [6, 6.07) is 11.3. The third-order valence-electron chi connectivity index (χ3n) is 4.76. The van der Waals surface area contributed by atoms with Crippen LogP contribution >= 0.6 is 11.3 Å². The Morgan fingerprint density at radius 3 is 2.48 bits per heavy atom. The van der Waals surface area contributed by atoms with E-state index in [4.69, 9.17) is 4.74 Å². The van der Waals surface area contributed by atoms with Crippen LogP contribution in [0.25, 0.3) is 5.57 Å². The van der Waals surface area contributed by atoms with E-state index in [9.17, 15) is 9.59 Å². The van der Waals surface area contributed by atoms with Gasteiger partial charge in [-0.3, -0.25) is 9.59 Å². The molecular formula is C20H21N3O3S. The molecule has 2 aliphatic heterocycles. The van der Waals surface area contributed by atoms with Crippen LogP contribution in [-0.2, 0) is 14.3 Å². The number of morpholine rings is 1. The molecule has 0 atom stereocenters. The number of carbonyl (C=O) groups is 2. The van der Waals surface area contributed by atoms with Crippen LogP contribution in [-0.4, -0.2) is 57.1 Å². The minimum atomic E-state index is -0.264. The molecule has 1 aromatic heterocycles. The van der Waals surface area contributed by atoms with Crippen molar-refractivity contribution in [2.24, 2.45) is 0 Å². The van der Waals surface area contributed by atoms with Gasteiger partial charge in [-0.05, 0) is 29.6 Å². The van der Waals surface area contributed by atoms with Crippen molar-refractivity contribution < 1.29 is 14.3 Å². The molecule has 0 radical (unpaired) electrons. The molecule has 1 aromatic carbocycles. The van der Waals surface area contributed by atoms with E-state index in [0.29, 0.717) is 43.3 Å². The summed E-state index contributed by atoms with van der Waals surface area (Å²) in [7, 11) is 3.86. The van der Waals surface area contributed by atoms with E-state index in [-0.39, 0.29) is 11.8 Å². The first kappa shape index (κ1) is 17.8. The molecule has 6 nitrogen and oxygen atoms in total. The van der Waals surface area contributed by atoms with Crippen LogP contribution in [0.15, 0.2) is 47.5 Å². The van der Waals surface area contributed by atoms with Crippen LogP contribution in [0, 0.1) is 0 Å². The van der Waals surface area contributed by atoms with Gasteiger partial charge in [-0.2, -0.15) is 0 Å². The van der Waals surface area contributed by atoms with Crippen molar-refractivity contribution in [3.8, 4) is 0 Å². The van der Waals surface area contributed by atoms with Gasteiger partial charge in [-0.25, -0.2) is 4.90 Å². The maximum atomic E-state index is 13.4. The molecule has 1 fully saturated rings. The number of imide groups is 1. The Morgan fingerprint density at radius 2 is 1.81 bits per heavy atom. The summed E-state index contributed by atoms with van der Waals surface area (Å²) in [5, 5.41) is 1.92. The minimum absolute atomic E-state index is 0.263. The van der Waals surface area contributed by atoms with Crippen LogP contribution in [0.3, 0.4) is 0 Å². The van der Waals surface area contributed by atoms with Gasteiger partial charge in [-0.15, -0.1) is 11.3 Å². The van der Waals surface area contributed by atoms with E-state index >= 15 is 0 Å². The first-order chi connectivity index (χ1) is 13.1. The third kappa shape index (κ3) is 3.13. The fraction of sp³-hybridized carbons (Fsp3) is 0.300. The van der Waals surface area contributed by atoms with Gasteiger partial charge in [0.2, 0.25) is 0 Å². The lowest BCUT2D eigenvalue weighted by atomic mass is 10.1. The summed E-state index contributed by atoms with van der Waals surface area (Å²) in [4.78, 5) is 32.7. The lowest BCUT2D eigenvalue weighted by Gasteiger charge is -2.29. The monoisotopic (exact) mass is 383 g/mol. The predicted molar refractivity (Wildman–Crippen MR) is 107 cm³/mol. The predicted octanol–water partition coefficient (Wildman–Crippen LogP) is 2.43. The Hall–Kier alpha value is -2.64. The number of amides is 2. The number of benzene rings is 1. The second-order valence-electron chi connectivity index (χ2n) is 6.66. The quantitative estimate of drug-likeness (QED) is 0.759. The van der Waals surface area contributed by atoms with E-state index in [0.717, 1.165) is 10.6 Å². The number of carbonyl (C=O) groups excluding carboxylic acids is 2. The molecule has 2 aromatic rings. The summed E-state index contributed by atoms with van der Waals surface area (Å²) >= 11 is 1.48. The van der Waals surface area contributed by atoms with Gasteiger partial charge in [0.05, 0.1) is 24.5 Å². The SMILES string of the molecule is CN(C)c1cccc(N2C(=O)C(c3cccs3)=C(N3CCOCC3)C2=O)c1. The standard InChI is InChI=1S/C20H21N3O3S/c1-21(2)14-5-3-6-15(13-14)23-19(24)17(16-7-4-12-27-16)18(20(23)25)22-8-10-26-11-9-22/h3-7,12-13H,8-11H2,1-2H3. The smallest absolute Gasteiger partial charge is 0.282 e. The van der Waals surface area contributed by atoms with Gasteiger partial charge in [0.15, 0.2) is 0 Å². The lowest BCUT2D eigenvalue weighted by molar-refractivity contribution is -0.121. The van der Waals surface area contributed by atoms with Crippen molar-refractivity contribution in [3.05, 3.63) is 52.4 Å². The Kier molecular flexibility index (Phi) is 4.72. The molecule has 27 heavy (non-hydrogen) atoms. The molecule has 0 N–H and O–H groups in total. The van der Waals surface area contributed by atoms with Crippen molar-refractivity contribution in [3.63, 3.8) is 0 Å². The van der Waals surface area contributed by atoms with E-state index in [1.807, 2.05) is 59.6 Å². The Labute approximate surface area is 162 Å². The maximum absolute atomic E-state index is 13.4. The fourth-order valence-corrected chi connectivity index (χ4v) is 4.15. The van der Waals surface area contributed by atoms with Gasteiger partial charge in [-0.1, -0.05) is 12.1 Å². The molecule has 2 amide bonds. The van der Waals surface area contributed by atoms with Crippen LogP contribution in [0.5, 0.6) is 0 Å². The maximum Gasteiger partial charge on any atom is 0.282 e. The molecular weight excluding hydrogens is 362 g/mol. The van der Waals surface area contributed by atoms with Gasteiger partial charge >= 0.3 is 0 Å². The number of hydrogen-bond acceptors (Lipinski definition) is 6. The minimum Gasteiger partial charge on any atom is -0.378 e. The van der Waals surface area contributed by atoms with Gasteiger partial charge < -0.3 is 14.5 Å². The zero-order chi connectivity index (χ0) is 19.0. The van der Waals surface area contributed by atoms with E-state index in [1.165, 1.54) is 16.2 Å². The Bertz CT molecular complexity index is 899.